The van der Waals surface area contributed by atoms with Gasteiger partial charge < -0.3 is 4.90 Å². The maximum Gasteiger partial charge on any atom is 0.253 e. The van der Waals surface area contributed by atoms with Gasteiger partial charge >= 0.3 is 0 Å². The van der Waals surface area contributed by atoms with Crippen molar-refractivity contribution in [3.8, 4) is 0 Å². The van der Waals surface area contributed by atoms with E-state index in [2.05, 4.69) is 17.0 Å². The summed E-state index contributed by atoms with van der Waals surface area (Å²) in [5, 5.41) is 0. The van der Waals surface area contributed by atoms with E-state index in [0.29, 0.717) is 18.7 Å². The zero-order chi connectivity index (χ0) is 21.3. The van der Waals surface area contributed by atoms with E-state index in [4.69, 9.17) is 0 Å². The van der Waals surface area contributed by atoms with Crippen LogP contribution in [0.2, 0.25) is 0 Å². The number of hydrogen-bond donors (Lipinski definition) is 0. The van der Waals surface area contributed by atoms with Gasteiger partial charge in [-0.1, -0.05) is 37.3 Å². The lowest BCUT2D eigenvalue weighted by atomic mass is 10.1. The van der Waals surface area contributed by atoms with Gasteiger partial charge in [-0.15, -0.1) is 0 Å². The van der Waals surface area contributed by atoms with E-state index >= 15 is 0 Å². The molecule has 2 heterocycles. The Kier molecular flexibility index (Phi) is 5.62. The highest BCUT2D eigenvalue weighted by Gasteiger charge is 2.41. The fraction of sp³-hybridized carbons (Fsp3) is 0.364. The first-order chi connectivity index (χ1) is 14.3. The van der Waals surface area contributed by atoms with Crippen molar-refractivity contribution in [2.24, 2.45) is 5.92 Å². The number of benzene rings is 2. The molecule has 2 aromatic carbocycles. The number of sulfonamides is 1. The monoisotopic (exact) mass is 427 g/mol. The van der Waals surface area contributed by atoms with Gasteiger partial charge in [-0.25, -0.2) is 12.7 Å². The molecule has 2 aliphatic rings. The van der Waals surface area contributed by atoms with Crippen molar-refractivity contribution in [1.29, 1.82) is 0 Å². The fourth-order valence-corrected chi connectivity index (χ4v) is 5.78. The van der Waals surface area contributed by atoms with Gasteiger partial charge in [-0.3, -0.25) is 14.5 Å². The quantitative estimate of drug-likeness (QED) is 0.745. The van der Waals surface area contributed by atoms with E-state index in [1.807, 2.05) is 23.1 Å². The number of nitrogens with zero attached hydrogens (tertiary/aromatic N) is 3. The summed E-state index contributed by atoms with van der Waals surface area (Å²) in [6.45, 7) is 5.37. The minimum absolute atomic E-state index is 0.0788. The molecule has 7 nitrogen and oxygen atoms in total. The highest BCUT2D eigenvalue weighted by Crippen LogP contribution is 2.28. The van der Waals surface area contributed by atoms with Crippen molar-refractivity contribution in [2.45, 2.75) is 13.5 Å². The molecule has 0 spiro atoms. The van der Waals surface area contributed by atoms with E-state index < -0.39 is 21.8 Å². The van der Waals surface area contributed by atoms with Gasteiger partial charge in [-0.2, -0.15) is 0 Å². The van der Waals surface area contributed by atoms with E-state index in [1.165, 1.54) is 17.7 Å². The molecule has 0 N–H and O–H groups in total. The summed E-state index contributed by atoms with van der Waals surface area (Å²) in [6, 6.07) is 16.5. The Labute approximate surface area is 176 Å². The first-order valence-electron chi connectivity index (χ1n) is 10.1. The Balaban J connectivity index is 1.38. The number of hydrogen-bond acceptors (Lipinski definition) is 5. The summed E-state index contributed by atoms with van der Waals surface area (Å²) < 4.78 is 25.3. The zero-order valence-corrected chi connectivity index (χ0v) is 17.7. The lowest BCUT2D eigenvalue weighted by Gasteiger charge is -2.34. The maximum atomic E-state index is 12.8. The molecule has 1 atom stereocenters. The molecule has 2 aromatic rings. The summed E-state index contributed by atoms with van der Waals surface area (Å²) in [4.78, 5) is 29.2. The highest BCUT2D eigenvalue weighted by atomic mass is 32.2. The molecule has 2 amide bonds. The standard InChI is InChI=1S/C22H25N3O4S/c1-17-16-30(28,29)25(21(17)26)20-9-7-19(8-10-20)22(27)24-13-11-23(12-14-24)15-18-5-3-2-4-6-18/h2-10,17H,11-16H2,1H3/t17-/m1/s1. The van der Waals surface area contributed by atoms with Gasteiger partial charge in [0.2, 0.25) is 15.9 Å². The van der Waals surface area contributed by atoms with Crippen molar-refractivity contribution in [3.63, 3.8) is 0 Å². The molecule has 0 saturated carbocycles. The number of rotatable bonds is 4. The van der Waals surface area contributed by atoms with Crippen LogP contribution in [0.1, 0.15) is 22.8 Å². The topological polar surface area (TPSA) is 78.0 Å². The van der Waals surface area contributed by atoms with Crippen molar-refractivity contribution < 1.29 is 18.0 Å². The molecule has 0 bridgehead atoms. The molecule has 0 unspecified atom stereocenters. The first-order valence-corrected chi connectivity index (χ1v) is 11.7. The largest absolute Gasteiger partial charge is 0.336 e. The number of anilines is 1. The molecule has 30 heavy (non-hydrogen) atoms. The van der Waals surface area contributed by atoms with Crippen LogP contribution in [-0.4, -0.2) is 62.0 Å². The van der Waals surface area contributed by atoms with Gasteiger partial charge in [0.15, 0.2) is 0 Å². The van der Waals surface area contributed by atoms with Gasteiger partial charge in [0, 0.05) is 38.3 Å². The third-order valence-electron chi connectivity index (χ3n) is 5.62. The third kappa shape index (κ3) is 4.11. The number of carbonyl (C=O) groups is 2. The van der Waals surface area contributed by atoms with Crippen LogP contribution in [-0.2, 0) is 21.4 Å². The van der Waals surface area contributed by atoms with Crippen molar-refractivity contribution >= 4 is 27.5 Å². The summed E-state index contributed by atoms with van der Waals surface area (Å²) in [5.74, 6) is -1.24. The summed E-state index contributed by atoms with van der Waals surface area (Å²) >= 11 is 0. The maximum absolute atomic E-state index is 12.8. The molecular formula is C22H25N3O4S. The molecule has 2 saturated heterocycles. The Morgan fingerprint density at radius 2 is 1.60 bits per heavy atom. The van der Waals surface area contributed by atoms with Crippen molar-refractivity contribution in [3.05, 3.63) is 65.7 Å². The van der Waals surface area contributed by atoms with Crippen LogP contribution in [0.25, 0.3) is 0 Å². The van der Waals surface area contributed by atoms with Crippen LogP contribution in [0, 0.1) is 5.92 Å². The molecule has 4 rings (SSSR count). The normalized spacial score (nSPS) is 21.8. The average molecular weight is 428 g/mol. The third-order valence-corrected chi connectivity index (χ3v) is 7.49. The second-order valence-electron chi connectivity index (χ2n) is 7.88. The lowest BCUT2D eigenvalue weighted by Crippen LogP contribution is -2.48. The van der Waals surface area contributed by atoms with Crippen LogP contribution in [0.5, 0.6) is 0 Å². The Bertz CT molecular complexity index is 1030. The minimum atomic E-state index is -3.64. The molecule has 2 fully saturated rings. The van der Waals surface area contributed by atoms with Crippen LogP contribution in [0.4, 0.5) is 5.69 Å². The van der Waals surface area contributed by atoms with E-state index in [9.17, 15) is 18.0 Å². The molecule has 2 aliphatic heterocycles. The van der Waals surface area contributed by atoms with Crippen LogP contribution < -0.4 is 4.31 Å². The van der Waals surface area contributed by atoms with Gasteiger partial charge in [0.25, 0.3) is 5.91 Å². The molecule has 158 valence electrons. The first kappa shape index (κ1) is 20.6. The van der Waals surface area contributed by atoms with E-state index in [1.54, 1.807) is 19.1 Å². The number of piperazine rings is 1. The summed E-state index contributed by atoms with van der Waals surface area (Å²) in [5.41, 5.74) is 2.04. The highest BCUT2D eigenvalue weighted by molar-refractivity contribution is 7.94. The van der Waals surface area contributed by atoms with Crippen LogP contribution in [0.3, 0.4) is 0 Å². The average Bonchev–Trinajstić information content (AvgIpc) is 2.95. The van der Waals surface area contributed by atoms with E-state index in [0.717, 1.165) is 23.9 Å². The minimum Gasteiger partial charge on any atom is -0.336 e. The van der Waals surface area contributed by atoms with Gasteiger partial charge in [0.05, 0.1) is 17.4 Å². The predicted octanol–water partition coefficient (Wildman–Crippen LogP) is 1.96. The van der Waals surface area contributed by atoms with Gasteiger partial charge in [0.1, 0.15) is 0 Å². The molecule has 8 heteroatoms. The number of carbonyl (C=O) groups excluding carboxylic acids is 2. The van der Waals surface area contributed by atoms with Crippen LogP contribution >= 0.6 is 0 Å². The lowest BCUT2D eigenvalue weighted by molar-refractivity contribution is -0.119. The van der Waals surface area contributed by atoms with Crippen molar-refractivity contribution in [2.75, 3.05) is 36.2 Å². The number of amides is 2. The zero-order valence-electron chi connectivity index (χ0n) is 16.9. The molecule has 0 radical (unpaired) electrons. The fourth-order valence-electron chi connectivity index (χ4n) is 3.96. The Morgan fingerprint density at radius 3 is 2.17 bits per heavy atom. The summed E-state index contributed by atoms with van der Waals surface area (Å²) in [7, 11) is -3.64. The van der Waals surface area contributed by atoms with E-state index in [-0.39, 0.29) is 17.3 Å². The Hall–Kier alpha value is -2.71. The second-order valence-corrected chi connectivity index (χ2v) is 9.75. The van der Waals surface area contributed by atoms with Crippen molar-refractivity contribution in [1.82, 2.24) is 9.80 Å². The smallest absolute Gasteiger partial charge is 0.253 e. The van der Waals surface area contributed by atoms with Gasteiger partial charge in [-0.05, 0) is 29.8 Å². The summed E-state index contributed by atoms with van der Waals surface area (Å²) in [6.07, 6.45) is 0. The molecular weight excluding hydrogens is 402 g/mol. The second kappa shape index (κ2) is 8.20. The SMILES string of the molecule is C[C@@H]1CS(=O)(=O)N(c2ccc(C(=O)N3CCN(Cc4ccccc4)CC3)cc2)C1=O. The molecule has 0 aromatic heterocycles. The Morgan fingerprint density at radius 1 is 0.967 bits per heavy atom. The molecule has 0 aliphatic carbocycles. The van der Waals surface area contributed by atoms with Crippen LogP contribution in [0.15, 0.2) is 54.6 Å². The predicted molar refractivity (Wildman–Crippen MR) is 115 cm³/mol.